The third-order valence-electron chi connectivity index (χ3n) is 5.95. The molecule has 0 saturated carbocycles. The molecule has 1 fully saturated rings. The molecule has 0 N–H and O–H groups in total. The predicted octanol–water partition coefficient (Wildman–Crippen LogP) is 4.25. The van der Waals surface area contributed by atoms with Gasteiger partial charge in [-0.25, -0.2) is 4.98 Å². The van der Waals surface area contributed by atoms with E-state index in [-0.39, 0.29) is 17.6 Å². The molecular weight excluding hydrogens is 424 g/mol. The summed E-state index contributed by atoms with van der Waals surface area (Å²) in [7, 11) is 0. The highest BCUT2D eigenvalue weighted by Gasteiger charge is 2.29. The molecule has 164 valence electrons. The van der Waals surface area contributed by atoms with E-state index in [4.69, 9.17) is 9.47 Å². The van der Waals surface area contributed by atoms with Gasteiger partial charge in [-0.05, 0) is 31.0 Å². The fraction of sp³-hybridized carbons (Fsp3) is 0.320. The first kappa shape index (κ1) is 20.7. The van der Waals surface area contributed by atoms with Gasteiger partial charge in [0.1, 0.15) is 18.2 Å². The van der Waals surface area contributed by atoms with E-state index in [1.54, 1.807) is 29.5 Å². The Morgan fingerprint density at radius 3 is 2.53 bits per heavy atom. The lowest BCUT2D eigenvalue weighted by molar-refractivity contribution is -0.131. The maximum Gasteiger partial charge on any atom is 0.228 e. The zero-order valence-corrected chi connectivity index (χ0v) is 18.5. The van der Waals surface area contributed by atoms with Crippen LogP contribution in [0.3, 0.4) is 0 Å². The summed E-state index contributed by atoms with van der Waals surface area (Å²) < 4.78 is 11.1. The van der Waals surface area contributed by atoms with Crippen molar-refractivity contribution in [3.05, 3.63) is 65.2 Å². The van der Waals surface area contributed by atoms with Gasteiger partial charge in [-0.15, -0.1) is 11.3 Å². The third-order valence-corrected chi connectivity index (χ3v) is 6.89. The highest BCUT2D eigenvalue weighted by molar-refractivity contribution is 7.13. The number of ketones is 1. The summed E-state index contributed by atoms with van der Waals surface area (Å²) in [6, 6.07) is 15.4. The second kappa shape index (κ2) is 9.12. The van der Waals surface area contributed by atoms with E-state index in [9.17, 15) is 9.59 Å². The van der Waals surface area contributed by atoms with Crippen molar-refractivity contribution in [3.63, 3.8) is 0 Å². The number of nitrogens with zero attached hydrogens (tertiary/aromatic N) is 2. The first-order valence-corrected chi connectivity index (χ1v) is 11.8. The lowest BCUT2D eigenvalue weighted by Crippen LogP contribution is -2.41. The number of carbonyl (C=O) groups is 2. The van der Waals surface area contributed by atoms with Crippen LogP contribution in [0.15, 0.2) is 53.9 Å². The normalized spacial score (nSPS) is 16.1. The number of carbonyl (C=O) groups excluding carboxylic acids is 2. The Morgan fingerprint density at radius 1 is 1.00 bits per heavy atom. The zero-order valence-electron chi connectivity index (χ0n) is 17.7. The monoisotopic (exact) mass is 448 g/mol. The Kier molecular flexibility index (Phi) is 5.90. The van der Waals surface area contributed by atoms with Crippen LogP contribution >= 0.6 is 11.3 Å². The number of ether oxygens (including phenoxy) is 2. The topological polar surface area (TPSA) is 68.7 Å². The summed E-state index contributed by atoms with van der Waals surface area (Å²) in [5.41, 5.74) is 2.51. The van der Waals surface area contributed by atoms with Crippen molar-refractivity contribution in [3.8, 4) is 22.1 Å². The van der Waals surface area contributed by atoms with Crippen LogP contribution in [0.5, 0.6) is 11.5 Å². The van der Waals surface area contributed by atoms with Gasteiger partial charge in [0.05, 0.1) is 12.1 Å². The summed E-state index contributed by atoms with van der Waals surface area (Å²) >= 11 is 1.56. The Bertz CT molecular complexity index is 1120. The first-order chi connectivity index (χ1) is 15.7. The van der Waals surface area contributed by atoms with Crippen LogP contribution in [0.4, 0.5) is 0 Å². The fourth-order valence-corrected chi connectivity index (χ4v) is 5.02. The van der Waals surface area contributed by atoms with E-state index >= 15 is 0 Å². The molecule has 7 heteroatoms. The second-order valence-corrected chi connectivity index (χ2v) is 8.92. The van der Waals surface area contributed by atoms with Gasteiger partial charge in [0, 0.05) is 35.5 Å². The molecule has 1 saturated heterocycles. The van der Waals surface area contributed by atoms with Gasteiger partial charge in [0.15, 0.2) is 17.3 Å². The lowest BCUT2D eigenvalue weighted by Gasteiger charge is -2.31. The van der Waals surface area contributed by atoms with E-state index in [0.29, 0.717) is 62.6 Å². The van der Waals surface area contributed by atoms with Crippen molar-refractivity contribution >= 4 is 23.0 Å². The molecule has 32 heavy (non-hydrogen) atoms. The van der Waals surface area contributed by atoms with Gasteiger partial charge in [0.2, 0.25) is 5.91 Å². The average Bonchev–Trinajstić information content (AvgIpc) is 3.32. The van der Waals surface area contributed by atoms with Gasteiger partial charge in [-0.1, -0.05) is 30.3 Å². The van der Waals surface area contributed by atoms with E-state index in [2.05, 4.69) is 4.98 Å². The van der Waals surface area contributed by atoms with E-state index in [1.165, 1.54) is 0 Å². The van der Waals surface area contributed by atoms with Gasteiger partial charge < -0.3 is 14.4 Å². The smallest absolute Gasteiger partial charge is 0.228 e. The molecule has 2 aliphatic rings. The summed E-state index contributed by atoms with van der Waals surface area (Å²) in [6.45, 7) is 2.21. The van der Waals surface area contributed by atoms with Crippen LogP contribution in [0.1, 0.15) is 28.9 Å². The van der Waals surface area contributed by atoms with Crippen molar-refractivity contribution in [1.29, 1.82) is 0 Å². The maximum absolute atomic E-state index is 13.0. The van der Waals surface area contributed by atoms with Gasteiger partial charge >= 0.3 is 0 Å². The third kappa shape index (κ3) is 4.39. The summed E-state index contributed by atoms with van der Waals surface area (Å²) in [4.78, 5) is 32.3. The van der Waals surface area contributed by atoms with Crippen LogP contribution in [-0.4, -0.2) is 47.9 Å². The molecule has 5 rings (SSSR count). The molecule has 6 nitrogen and oxygen atoms in total. The Labute approximate surface area is 190 Å². The number of piperidine rings is 1. The largest absolute Gasteiger partial charge is 0.486 e. The molecule has 0 radical (unpaired) electrons. The minimum atomic E-state index is -0.0782. The highest BCUT2D eigenvalue weighted by Crippen LogP contribution is 2.32. The van der Waals surface area contributed by atoms with E-state index in [1.807, 2.05) is 40.6 Å². The summed E-state index contributed by atoms with van der Waals surface area (Å²) in [6.07, 6.45) is 1.64. The molecule has 0 bridgehead atoms. The minimum Gasteiger partial charge on any atom is -0.486 e. The molecule has 0 unspecified atom stereocenters. The first-order valence-electron chi connectivity index (χ1n) is 10.9. The highest BCUT2D eigenvalue weighted by atomic mass is 32.1. The Morgan fingerprint density at radius 2 is 1.75 bits per heavy atom. The van der Waals surface area contributed by atoms with Crippen LogP contribution in [-0.2, 0) is 11.2 Å². The zero-order chi connectivity index (χ0) is 21.9. The number of amides is 1. The van der Waals surface area contributed by atoms with Crippen molar-refractivity contribution in [2.45, 2.75) is 19.3 Å². The van der Waals surface area contributed by atoms with Crippen LogP contribution in [0.2, 0.25) is 0 Å². The number of thiazole rings is 1. The minimum absolute atomic E-state index is 0.0696. The lowest BCUT2D eigenvalue weighted by atomic mass is 9.88. The molecule has 3 aromatic rings. The fourth-order valence-electron chi connectivity index (χ4n) is 4.19. The number of fused-ring (bicyclic) bond motifs is 1. The summed E-state index contributed by atoms with van der Waals surface area (Å²) in [5, 5.41) is 2.88. The van der Waals surface area contributed by atoms with E-state index < -0.39 is 0 Å². The molecular formula is C25H24N2O4S. The van der Waals surface area contributed by atoms with Crippen LogP contribution in [0.25, 0.3) is 10.6 Å². The van der Waals surface area contributed by atoms with Crippen molar-refractivity contribution in [2.24, 2.45) is 5.92 Å². The number of aromatic nitrogens is 1. The van der Waals surface area contributed by atoms with Crippen LogP contribution in [0, 0.1) is 5.92 Å². The quantitative estimate of drug-likeness (QED) is 0.546. The number of likely N-dealkylation sites (tertiary alicyclic amines) is 1. The SMILES string of the molecule is O=C(c1ccc2c(c1)OCCO2)C1CCN(C(=O)Cc2csc(-c3ccccc3)n2)CC1. The van der Waals surface area contributed by atoms with Gasteiger partial charge in [0.25, 0.3) is 0 Å². The predicted molar refractivity (Wildman–Crippen MR) is 122 cm³/mol. The molecule has 2 aromatic carbocycles. The number of hydrogen-bond acceptors (Lipinski definition) is 6. The standard InChI is InChI=1S/C25H24N2O4S/c28-23(15-20-16-32-25(26-20)18-4-2-1-3-5-18)27-10-8-17(9-11-27)24(29)19-6-7-21-22(14-19)31-13-12-30-21/h1-7,14,16-17H,8-13,15H2. The van der Waals surface area contributed by atoms with Gasteiger partial charge in [-0.2, -0.15) is 0 Å². The molecule has 0 aliphatic carbocycles. The van der Waals surface area contributed by atoms with Crippen molar-refractivity contribution in [1.82, 2.24) is 9.88 Å². The number of benzene rings is 2. The molecule has 0 spiro atoms. The van der Waals surface area contributed by atoms with E-state index in [0.717, 1.165) is 16.3 Å². The molecule has 1 amide bonds. The average molecular weight is 449 g/mol. The van der Waals surface area contributed by atoms with Crippen molar-refractivity contribution in [2.75, 3.05) is 26.3 Å². The Hall–Kier alpha value is -3.19. The maximum atomic E-state index is 13.0. The van der Waals surface area contributed by atoms with Crippen LogP contribution < -0.4 is 9.47 Å². The summed E-state index contributed by atoms with van der Waals surface area (Å²) in [5.74, 6) is 1.42. The Balaban J connectivity index is 1.16. The molecule has 3 heterocycles. The second-order valence-electron chi connectivity index (χ2n) is 8.06. The number of rotatable bonds is 5. The number of Topliss-reactive ketones (excluding diaryl/α,β-unsaturated/α-hetero) is 1. The molecule has 2 aliphatic heterocycles. The number of hydrogen-bond donors (Lipinski definition) is 0. The van der Waals surface area contributed by atoms with Gasteiger partial charge in [-0.3, -0.25) is 9.59 Å². The molecule has 1 aromatic heterocycles. The molecule has 0 atom stereocenters. The van der Waals surface area contributed by atoms with Crippen molar-refractivity contribution < 1.29 is 19.1 Å².